The molecule has 2 aliphatic heterocycles. The Morgan fingerprint density at radius 1 is 1.14 bits per heavy atom. The lowest BCUT2D eigenvalue weighted by Gasteiger charge is -2.34. The van der Waals surface area contributed by atoms with Gasteiger partial charge in [-0.3, -0.25) is 4.79 Å². The number of ether oxygens (including phenoxy) is 3. The summed E-state index contributed by atoms with van der Waals surface area (Å²) in [6.07, 6.45) is 14.7. The summed E-state index contributed by atoms with van der Waals surface area (Å²) in [5, 5.41) is 6.44. The van der Waals surface area contributed by atoms with E-state index < -0.39 is 12.1 Å². The van der Waals surface area contributed by atoms with Crippen molar-refractivity contribution in [1.82, 2.24) is 10.6 Å². The first-order chi connectivity index (χ1) is 17.7. The van der Waals surface area contributed by atoms with E-state index in [0.29, 0.717) is 36.4 Å². The number of carbonyl (C=O) groups excluding carboxylic acids is 3. The van der Waals surface area contributed by atoms with Gasteiger partial charge in [-0.2, -0.15) is 0 Å². The fraction of sp³-hybridized carbons (Fsp3) is 0.483. The van der Waals surface area contributed by atoms with Gasteiger partial charge in [0.15, 0.2) is 0 Å². The van der Waals surface area contributed by atoms with Crippen LogP contribution in [0.2, 0.25) is 0 Å². The number of hydrogen-bond acceptors (Lipinski definition) is 8. The average Bonchev–Trinajstić information content (AvgIpc) is 2.85. The highest BCUT2D eigenvalue weighted by molar-refractivity contribution is 5.91. The van der Waals surface area contributed by atoms with E-state index in [9.17, 15) is 14.4 Å². The summed E-state index contributed by atoms with van der Waals surface area (Å²) in [7, 11) is 0. The van der Waals surface area contributed by atoms with Crippen molar-refractivity contribution >= 4 is 17.9 Å². The molecule has 0 radical (unpaired) electrons. The van der Waals surface area contributed by atoms with Crippen LogP contribution >= 0.6 is 0 Å². The van der Waals surface area contributed by atoms with Crippen LogP contribution in [0.25, 0.3) is 0 Å². The Bertz CT molecular complexity index is 1140. The molecule has 3 atom stereocenters. The minimum Gasteiger partial charge on any atom is -0.456 e. The summed E-state index contributed by atoms with van der Waals surface area (Å²) >= 11 is 0. The van der Waals surface area contributed by atoms with Crippen molar-refractivity contribution in [2.75, 3.05) is 0 Å². The molecular weight excluding hydrogens is 472 g/mol. The Balaban J connectivity index is 1.49. The molecule has 0 aromatic rings. The van der Waals surface area contributed by atoms with E-state index in [-0.39, 0.29) is 30.0 Å². The van der Waals surface area contributed by atoms with Crippen LogP contribution in [0.4, 0.5) is 0 Å². The first kappa shape index (κ1) is 26.5. The zero-order chi connectivity index (χ0) is 26.5. The van der Waals surface area contributed by atoms with Crippen molar-refractivity contribution in [3.05, 3.63) is 70.5 Å². The Labute approximate surface area is 218 Å². The molecule has 1 saturated carbocycles. The maximum atomic E-state index is 13.0. The molecule has 3 unspecified atom stereocenters. The number of carbonyl (C=O) groups is 3. The van der Waals surface area contributed by atoms with Crippen LogP contribution in [-0.2, 0) is 28.6 Å². The largest absolute Gasteiger partial charge is 0.456 e. The molecule has 4 aliphatic rings. The molecule has 2 heterocycles. The lowest BCUT2D eigenvalue weighted by molar-refractivity contribution is -0.148. The van der Waals surface area contributed by atoms with Gasteiger partial charge in [-0.25, -0.2) is 9.59 Å². The van der Waals surface area contributed by atoms with Crippen molar-refractivity contribution in [2.24, 2.45) is 5.92 Å². The second-order valence-corrected chi connectivity index (χ2v) is 10.2. The Kier molecular flexibility index (Phi) is 8.36. The third-order valence-electron chi connectivity index (χ3n) is 6.86. The summed E-state index contributed by atoms with van der Waals surface area (Å²) in [6, 6.07) is -0.211. The maximum Gasteiger partial charge on any atom is 0.355 e. The van der Waals surface area contributed by atoms with Gasteiger partial charge < -0.3 is 24.8 Å². The molecule has 4 rings (SSSR count). The number of esters is 3. The van der Waals surface area contributed by atoms with Gasteiger partial charge in [0.25, 0.3) is 0 Å². The minimum absolute atomic E-state index is 0.211. The molecule has 1 fully saturated rings. The van der Waals surface area contributed by atoms with Crippen molar-refractivity contribution < 1.29 is 28.6 Å². The normalized spacial score (nSPS) is 28.6. The monoisotopic (exact) mass is 508 g/mol. The lowest BCUT2D eigenvalue weighted by Crippen LogP contribution is -2.47. The molecule has 2 aliphatic carbocycles. The Morgan fingerprint density at radius 3 is 2.70 bits per heavy atom. The summed E-state index contributed by atoms with van der Waals surface area (Å²) < 4.78 is 17.1. The fourth-order valence-electron chi connectivity index (χ4n) is 4.62. The van der Waals surface area contributed by atoms with Crippen LogP contribution in [-0.4, -0.2) is 36.2 Å². The minimum atomic E-state index is -0.514. The predicted octanol–water partition coefficient (Wildman–Crippen LogP) is 4.38. The van der Waals surface area contributed by atoms with Crippen LogP contribution in [0.1, 0.15) is 66.2 Å². The molecule has 2 N–H and O–H groups in total. The van der Waals surface area contributed by atoms with Gasteiger partial charge in [0.2, 0.25) is 0 Å². The smallest absolute Gasteiger partial charge is 0.355 e. The first-order valence-electron chi connectivity index (χ1n) is 13.0. The summed E-state index contributed by atoms with van der Waals surface area (Å²) in [4.78, 5) is 37.8. The lowest BCUT2D eigenvalue weighted by atomic mass is 9.91. The topological polar surface area (TPSA) is 103 Å². The number of nitrogens with one attached hydrogen (secondary N) is 2. The van der Waals surface area contributed by atoms with Gasteiger partial charge in [0.1, 0.15) is 29.4 Å². The maximum absolute atomic E-state index is 13.0. The summed E-state index contributed by atoms with van der Waals surface area (Å²) in [6.45, 7) is 7.41. The molecule has 0 spiro atoms. The molecule has 0 amide bonds. The van der Waals surface area contributed by atoms with Gasteiger partial charge in [-0.1, -0.05) is 38.5 Å². The van der Waals surface area contributed by atoms with Crippen LogP contribution in [0.5, 0.6) is 0 Å². The average molecular weight is 509 g/mol. The second kappa shape index (κ2) is 11.7. The molecule has 8 nitrogen and oxygen atoms in total. The molecule has 0 aromatic carbocycles. The number of rotatable bonds is 6. The van der Waals surface area contributed by atoms with Gasteiger partial charge >= 0.3 is 17.9 Å². The quantitative estimate of drug-likeness (QED) is 0.310. The number of allylic oxidation sites excluding steroid dienone is 6. The Hall–Kier alpha value is -3.55. The highest BCUT2D eigenvalue weighted by Gasteiger charge is 2.34. The zero-order valence-corrected chi connectivity index (χ0v) is 22.0. The third-order valence-corrected chi connectivity index (χ3v) is 6.86. The van der Waals surface area contributed by atoms with Crippen LogP contribution in [0.3, 0.4) is 0 Å². The summed E-state index contributed by atoms with van der Waals surface area (Å²) in [5.41, 5.74) is 3.45. The number of dihydropyridines is 1. The van der Waals surface area contributed by atoms with Crippen LogP contribution < -0.4 is 10.6 Å². The molecule has 0 bridgehead atoms. The van der Waals surface area contributed by atoms with E-state index in [1.165, 1.54) is 0 Å². The SMILES string of the molecule is CC1=CCC(C)=C(C(=O)OC2CCCCC2NC2=C/C3=C/C=C(/OC(=O)C(C)C)CC=CC3OC2=O)N1. The van der Waals surface area contributed by atoms with E-state index in [2.05, 4.69) is 10.6 Å². The van der Waals surface area contributed by atoms with E-state index in [0.717, 1.165) is 36.1 Å². The van der Waals surface area contributed by atoms with Gasteiger partial charge in [-0.05, 0) is 68.9 Å². The van der Waals surface area contributed by atoms with Crippen molar-refractivity contribution in [3.63, 3.8) is 0 Å². The predicted molar refractivity (Wildman–Crippen MR) is 138 cm³/mol. The zero-order valence-electron chi connectivity index (χ0n) is 22.0. The van der Waals surface area contributed by atoms with Gasteiger partial charge in [0.05, 0.1) is 12.0 Å². The van der Waals surface area contributed by atoms with Crippen molar-refractivity contribution in [2.45, 2.75) is 84.5 Å². The van der Waals surface area contributed by atoms with Crippen LogP contribution in [0.15, 0.2) is 70.5 Å². The number of fused-ring (bicyclic) bond motifs is 1. The molecule has 198 valence electrons. The first-order valence-corrected chi connectivity index (χ1v) is 13.0. The highest BCUT2D eigenvalue weighted by atomic mass is 16.6. The molecule has 8 heteroatoms. The van der Waals surface area contributed by atoms with Gasteiger partial charge in [-0.15, -0.1) is 0 Å². The van der Waals surface area contributed by atoms with E-state index in [1.807, 2.05) is 32.1 Å². The fourth-order valence-corrected chi connectivity index (χ4v) is 4.62. The van der Waals surface area contributed by atoms with Crippen molar-refractivity contribution in [1.29, 1.82) is 0 Å². The highest BCUT2D eigenvalue weighted by Crippen LogP contribution is 2.28. The van der Waals surface area contributed by atoms with Crippen LogP contribution in [0, 0.1) is 5.92 Å². The third kappa shape index (κ3) is 6.61. The van der Waals surface area contributed by atoms with Gasteiger partial charge in [0, 0.05) is 12.1 Å². The van der Waals surface area contributed by atoms with E-state index in [1.54, 1.807) is 32.1 Å². The van der Waals surface area contributed by atoms with Crippen molar-refractivity contribution in [3.8, 4) is 0 Å². The van der Waals surface area contributed by atoms with E-state index >= 15 is 0 Å². The van der Waals surface area contributed by atoms with E-state index in [4.69, 9.17) is 14.2 Å². The molecule has 0 aromatic heterocycles. The molecule has 37 heavy (non-hydrogen) atoms. The molecule has 0 saturated heterocycles. The summed E-state index contributed by atoms with van der Waals surface area (Å²) in [5.74, 6) is -0.807. The Morgan fingerprint density at radius 2 is 1.92 bits per heavy atom. The number of hydrogen-bond donors (Lipinski definition) is 2. The second-order valence-electron chi connectivity index (χ2n) is 10.2. The standard InChI is InChI=1S/C29H36N2O6/c1-17(2)27(32)35-21-8-7-11-24-20(14-15-21)16-23(28(33)36-24)31-22-9-5-6-10-25(22)37-29(34)26-18(3)12-13-19(4)30-26/h7,11,13-17,22,24-25,30-31H,5-6,8-10,12H2,1-4H3/b11-7?,20-14-,21-15+. The molecular formula is C29H36N2O6.